The molecule has 10 nitrogen and oxygen atoms in total. The van der Waals surface area contributed by atoms with Gasteiger partial charge in [0.05, 0.1) is 23.6 Å². The van der Waals surface area contributed by atoms with Gasteiger partial charge in [0.2, 0.25) is 5.91 Å². The molecular formula is C30H39N5O5. The molecule has 3 aromatic rings. The number of ether oxygens (including phenoxy) is 2. The number of benzene rings is 2. The number of rotatable bonds is 11. The minimum absolute atomic E-state index is 0.180. The van der Waals surface area contributed by atoms with Gasteiger partial charge in [0.25, 0.3) is 0 Å². The SMILES string of the molecule is CCOC(=O)c1ccc(NC(=O)N(CCCOC)CC(=O)Nc2cc(C(C)(C)C)nn2-c2ccccc2C)cc1. The molecule has 40 heavy (non-hydrogen) atoms. The molecule has 0 aliphatic carbocycles. The van der Waals surface area contributed by atoms with Gasteiger partial charge in [0.15, 0.2) is 0 Å². The van der Waals surface area contributed by atoms with Crippen LogP contribution in [0, 0.1) is 6.92 Å². The number of methoxy groups -OCH3 is 1. The number of urea groups is 1. The minimum Gasteiger partial charge on any atom is -0.462 e. The van der Waals surface area contributed by atoms with Crippen LogP contribution >= 0.6 is 0 Å². The van der Waals surface area contributed by atoms with Crippen LogP contribution in [-0.2, 0) is 19.7 Å². The first-order valence-electron chi connectivity index (χ1n) is 13.3. The number of aromatic nitrogens is 2. The van der Waals surface area contributed by atoms with Crippen LogP contribution < -0.4 is 10.6 Å². The van der Waals surface area contributed by atoms with E-state index in [1.807, 2.05) is 37.3 Å². The van der Waals surface area contributed by atoms with Crippen molar-refractivity contribution < 1.29 is 23.9 Å². The molecule has 1 aromatic heterocycles. The molecule has 2 N–H and O–H groups in total. The summed E-state index contributed by atoms with van der Waals surface area (Å²) in [6.07, 6.45) is 0.550. The molecule has 0 saturated carbocycles. The lowest BCUT2D eigenvalue weighted by Crippen LogP contribution is -2.41. The van der Waals surface area contributed by atoms with Gasteiger partial charge in [-0.3, -0.25) is 4.79 Å². The molecule has 1 heterocycles. The molecule has 10 heteroatoms. The molecule has 0 saturated heterocycles. The molecule has 0 spiro atoms. The first kappa shape index (κ1) is 30.4. The number of nitrogens with zero attached hydrogens (tertiary/aromatic N) is 3. The van der Waals surface area contributed by atoms with Crippen molar-refractivity contribution in [1.29, 1.82) is 0 Å². The lowest BCUT2D eigenvalue weighted by atomic mass is 9.92. The smallest absolute Gasteiger partial charge is 0.338 e. The van der Waals surface area contributed by atoms with Crippen LogP contribution in [0.1, 0.15) is 55.7 Å². The molecule has 2 aromatic carbocycles. The highest BCUT2D eigenvalue weighted by Gasteiger charge is 2.23. The van der Waals surface area contributed by atoms with Crippen molar-refractivity contribution in [3.05, 3.63) is 71.4 Å². The zero-order valence-electron chi connectivity index (χ0n) is 24.1. The van der Waals surface area contributed by atoms with Crippen LogP contribution in [0.3, 0.4) is 0 Å². The number of nitrogens with one attached hydrogen (secondary N) is 2. The van der Waals surface area contributed by atoms with E-state index in [2.05, 4.69) is 31.4 Å². The van der Waals surface area contributed by atoms with E-state index in [9.17, 15) is 14.4 Å². The van der Waals surface area contributed by atoms with Gasteiger partial charge < -0.3 is 25.0 Å². The number of carbonyl (C=O) groups is 3. The highest BCUT2D eigenvalue weighted by molar-refractivity contribution is 5.97. The van der Waals surface area contributed by atoms with E-state index in [1.165, 1.54) is 4.90 Å². The van der Waals surface area contributed by atoms with Crippen molar-refractivity contribution in [3.63, 3.8) is 0 Å². The second kappa shape index (κ2) is 13.7. The predicted molar refractivity (Wildman–Crippen MR) is 155 cm³/mol. The molecule has 0 unspecified atom stereocenters. The number of hydrogen-bond donors (Lipinski definition) is 2. The molecule has 214 valence electrons. The van der Waals surface area contributed by atoms with Crippen molar-refractivity contribution in [1.82, 2.24) is 14.7 Å². The molecule has 0 radical (unpaired) electrons. The van der Waals surface area contributed by atoms with Crippen LogP contribution in [0.2, 0.25) is 0 Å². The average molecular weight is 550 g/mol. The highest BCUT2D eigenvalue weighted by Crippen LogP contribution is 2.27. The van der Waals surface area contributed by atoms with Gasteiger partial charge in [-0.1, -0.05) is 39.0 Å². The van der Waals surface area contributed by atoms with E-state index in [0.717, 1.165) is 16.9 Å². The molecular weight excluding hydrogens is 510 g/mol. The van der Waals surface area contributed by atoms with E-state index in [4.69, 9.17) is 14.6 Å². The number of esters is 1. The first-order valence-corrected chi connectivity index (χ1v) is 13.3. The van der Waals surface area contributed by atoms with Crippen LogP contribution in [0.5, 0.6) is 0 Å². The topological polar surface area (TPSA) is 115 Å². The number of amides is 3. The zero-order chi connectivity index (χ0) is 29.3. The molecule has 3 amide bonds. The largest absolute Gasteiger partial charge is 0.462 e. The maximum atomic E-state index is 13.3. The Kier molecular flexibility index (Phi) is 10.4. The fraction of sp³-hybridized carbons (Fsp3) is 0.400. The Morgan fingerprint density at radius 2 is 1.73 bits per heavy atom. The van der Waals surface area contributed by atoms with E-state index < -0.39 is 12.0 Å². The summed E-state index contributed by atoms with van der Waals surface area (Å²) in [4.78, 5) is 39.8. The van der Waals surface area contributed by atoms with Crippen molar-refractivity contribution in [2.45, 2.75) is 46.5 Å². The molecule has 0 atom stereocenters. The van der Waals surface area contributed by atoms with Crippen LogP contribution in [0.25, 0.3) is 5.69 Å². The monoisotopic (exact) mass is 549 g/mol. The van der Waals surface area contributed by atoms with Crippen LogP contribution in [-0.4, -0.2) is 66.0 Å². The normalized spacial score (nSPS) is 11.2. The number of para-hydroxylation sites is 1. The summed E-state index contributed by atoms with van der Waals surface area (Å²) < 4.78 is 11.9. The second-order valence-corrected chi connectivity index (χ2v) is 10.4. The maximum absolute atomic E-state index is 13.3. The van der Waals surface area contributed by atoms with E-state index in [-0.39, 0.29) is 24.5 Å². The third kappa shape index (κ3) is 8.16. The summed E-state index contributed by atoms with van der Waals surface area (Å²) >= 11 is 0. The van der Waals surface area contributed by atoms with Crippen molar-refractivity contribution in [2.75, 3.05) is 44.0 Å². The van der Waals surface area contributed by atoms with Gasteiger partial charge in [-0.05, 0) is 56.2 Å². The van der Waals surface area contributed by atoms with Crippen molar-refractivity contribution in [2.24, 2.45) is 0 Å². The molecule has 0 aliphatic rings. The summed E-state index contributed by atoms with van der Waals surface area (Å²) in [6.45, 7) is 10.7. The highest BCUT2D eigenvalue weighted by atomic mass is 16.5. The average Bonchev–Trinajstić information content (AvgIpc) is 3.33. The Hall–Kier alpha value is -4.18. The Morgan fingerprint density at radius 1 is 1.02 bits per heavy atom. The maximum Gasteiger partial charge on any atom is 0.338 e. The van der Waals surface area contributed by atoms with Crippen molar-refractivity contribution >= 4 is 29.4 Å². The van der Waals surface area contributed by atoms with E-state index >= 15 is 0 Å². The first-order chi connectivity index (χ1) is 19.0. The molecule has 0 aliphatic heterocycles. The molecule has 3 rings (SSSR count). The van der Waals surface area contributed by atoms with E-state index in [0.29, 0.717) is 36.6 Å². The zero-order valence-corrected chi connectivity index (χ0v) is 24.1. The number of anilines is 2. The Balaban J connectivity index is 1.78. The lowest BCUT2D eigenvalue weighted by molar-refractivity contribution is -0.116. The van der Waals surface area contributed by atoms with Gasteiger partial charge >= 0.3 is 12.0 Å². The van der Waals surface area contributed by atoms with Crippen molar-refractivity contribution in [3.8, 4) is 5.69 Å². The standard InChI is InChI=1S/C30H39N5O5/c1-7-40-28(37)22-13-15-23(16-14-22)31-29(38)34(17-10-18-39-6)20-27(36)32-26-19-25(30(3,4)5)33-35(26)24-12-9-8-11-21(24)2/h8-9,11-16,19H,7,10,17-18,20H2,1-6H3,(H,31,38)(H,32,36). The van der Waals surface area contributed by atoms with Gasteiger partial charge in [-0.15, -0.1) is 0 Å². The van der Waals surface area contributed by atoms with Gasteiger partial charge in [0, 0.05) is 37.4 Å². The summed E-state index contributed by atoms with van der Waals surface area (Å²) in [5.41, 5.74) is 3.33. The summed E-state index contributed by atoms with van der Waals surface area (Å²) in [6, 6.07) is 15.6. The summed E-state index contributed by atoms with van der Waals surface area (Å²) in [5.74, 6) is -0.269. The fourth-order valence-corrected chi connectivity index (χ4v) is 3.94. The minimum atomic E-state index is -0.446. The van der Waals surface area contributed by atoms with Gasteiger partial charge in [-0.25, -0.2) is 14.3 Å². The third-order valence-corrected chi connectivity index (χ3v) is 6.13. The summed E-state index contributed by atoms with van der Waals surface area (Å²) in [5, 5.41) is 10.5. The Bertz CT molecular complexity index is 1310. The Labute approximate surface area is 235 Å². The quantitative estimate of drug-likeness (QED) is 0.252. The van der Waals surface area contributed by atoms with Gasteiger partial charge in [-0.2, -0.15) is 5.10 Å². The lowest BCUT2D eigenvalue weighted by Gasteiger charge is -2.23. The van der Waals surface area contributed by atoms with Crippen LogP contribution in [0.4, 0.5) is 16.3 Å². The third-order valence-electron chi connectivity index (χ3n) is 6.13. The number of aryl methyl sites for hydroxylation is 1. The fourth-order valence-electron chi connectivity index (χ4n) is 3.94. The Morgan fingerprint density at radius 3 is 2.35 bits per heavy atom. The number of hydrogen-bond acceptors (Lipinski definition) is 6. The second-order valence-electron chi connectivity index (χ2n) is 10.4. The van der Waals surface area contributed by atoms with E-state index in [1.54, 1.807) is 43.0 Å². The molecule has 0 fully saturated rings. The van der Waals surface area contributed by atoms with Gasteiger partial charge in [0.1, 0.15) is 12.4 Å². The van der Waals surface area contributed by atoms with Crippen LogP contribution in [0.15, 0.2) is 54.6 Å². The summed E-state index contributed by atoms with van der Waals surface area (Å²) in [7, 11) is 1.59. The predicted octanol–water partition coefficient (Wildman–Crippen LogP) is 5.16. The number of carbonyl (C=O) groups excluding carboxylic acids is 3. The molecule has 0 bridgehead atoms.